The van der Waals surface area contributed by atoms with Gasteiger partial charge in [0.15, 0.2) is 0 Å². The predicted octanol–water partition coefficient (Wildman–Crippen LogP) is 4.59. The van der Waals surface area contributed by atoms with E-state index in [4.69, 9.17) is 0 Å². The largest absolute Gasteiger partial charge is 0.315 e. The fourth-order valence-corrected chi connectivity index (χ4v) is 3.30. The Morgan fingerprint density at radius 3 is 2.40 bits per heavy atom. The Labute approximate surface area is 127 Å². The molecule has 0 aromatic carbocycles. The molecule has 2 heteroatoms. The fraction of sp³-hybridized carbons (Fsp3) is 1.00. The molecule has 0 spiro atoms. The summed E-state index contributed by atoms with van der Waals surface area (Å²) in [5.41, 5.74) is 0. The molecule has 1 N–H and O–H groups in total. The highest BCUT2D eigenvalue weighted by Gasteiger charge is 2.20. The minimum absolute atomic E-state index is 0.815. The average Bonchev–Trinajstić information content (AvgIpc) is 2.48. The minimum Gasteiger partial charge on any atom is -0.315 e. The van der Waals surface area contributed by atoms with Crippen molar-refractivity contribution in [3.63, 3.8) is 0 Å². The number of hydrogen-bond acceptors (Lipinski definition) is 2. The van der Waals surface area contributed by atoms with E-state index in [0.29, 0.717) is 0 Å². The summed E-state index contributed by atoms with van der Waals surface area (Å²) in [6.07, 6.45) is 15.5. The summed E-state index contributed by atoms with van der Waals surface area (Å²) in [6.45, 7) is 9.62. The van der Waals surface area contributed by atoms with Gasteiger partial charge in [-0.1, -0.05) is 58.8 Å². The molecule has 0 aromatic heterocycles. The monoisotopic (exact) mass is 282 g/mol. The summed E-state index contributed by atoms with van der Waals surface area (Å²) >= 11 is 0. The van der Waals surface area contributed by atoms with Crippen molar-refractivity contribution in [2.75, 3.05) is 26.2 Å². The van der Waals surface area contributed by atoms with E-state index in [1.165, 1.54) is 96.8 Å². The molecule has 2 nitrogen and oxygen atoms in total. The first kappa shape index (κ1) is 18.0. The Bertz CT molecular complexity index is 206. The van der Waals surface area contributed by atoms with E-state index in [1.807, 2.05) is 0 Å². The maximum Gasteiger partial charge on any atom is 0.0220 e. The normalized spacial score (nSPS) is 20.4. The van der Waals surface area contributed by atoms with Crippen LogP contribution in [0.5, 0.6) is 0 Å². The van der Waals surface area contributed by atoms with Crippen molar-refractivity contribution in [2.24, 2.45) is 0 Å². The van der Waals surface area contributed by atoms with Crippen LogP contribution in [-0.4, -0.2) is 37.1 Å². The van der Waals surface area contributed by atoms with Gasteiger partial charge in [-0.05, 0) is 45.3 Å². The third-order valence-electron chi connectivity index (χ3n) is 4.60. The molecule has 0 saturated carbocycles. The molecule has 1 aliphatic rings. The van der Waals surface area contributed by atoms with Gasteiger partial charge < -0.3 is 5.32 Å². The van der Waals surface area contributed by atoms with Crippen LogP contribution in [0.4, 0.5) is 0 Å². The number of nitrogens with one attached hydrogen (secondary N) is 1. The SMILES string of the molecule is CCCCCCCCCN1CCCCC1CNCCC. The second-order valence-corrected chi connectivity index (χ2v) is 6.51. The molecule has 1 saturated heterocycles. The van der Waals surface area contributed by atoms with Crippen molar-refractivity contribution < 1.29 is 0 Å². The molecular weight excluding hydrogens is 244 g/mol. The molecule has 1 heterocycles. The maximum absolute atomic E-state index is 3.62. The van der Waals surface area contributed by atoms with Crippen molar-refractivity contribution in [2.45, 2.75) is 90.5 Å². The first-order chi connectivity index (χ1) is 9.88. The quantitative estimate of drug-likeness (QED) is 0.527. The Balaban J connectivity index is 2.06. The Morgan fingerprint density at radius 1 is 0.900 bits per heavy atom. The smallest absolute Gasteiger partial charge is 0.0220 e. The van der Waals surface area contributed by atoms with Gasteiger partial charge in [0.05, 0.1) is 0 Å². The highest BCUT2D eigenvalue weighted by atomic mass is 15.2. The van der Waals surface area contributed by atoms with Gasteiger partial charge in [-0.3, -0.25) is 4.90 Å². The lowest BCUT2D eigenvalue weighted by atomic mass is 10.0. The van der Waals surface area contributed by atoms with E-state index >= 15 is 0 Å². The average molecular weight is 283 g/mol. The number of piperidine rings is 1. The second kappa shape index (κ2) is 12.6. The lowest BCUT2D eigenvalue weighted by molar-refractivity contribution is 0.142. The zero-order chi connectivity index (χ0) is 14.5. The number of likely N-dealkylation sites (tertiary alicyclic amines) is 1. The third-order valence-corrected chi connectivity index (χ3v) is 4.60. The van der Waals surface area contributed by atoms with Gasteiger partial charge in [0.25, 0.3) is 0 Å². The van der Waals surface area contributed by atoms with Gasteiger partial charge in [-0.2, -0.15) is 0 Å². The van der Waals surface area contributed by atoms with Gasteiger partial charge in [-0.25, -0.2) is 0 Å². The molecule has 120 valence electrons. The molecule has 0 aromatic rings. The molecule has 0 aliphatic carbocycles. The summed E-state index contributed by atoms with van der Waals surface area (Å²) in [7, 11) is 0. The molecule has 0 radical (unpaired) electrons. The summed E-state index contributed by atoms with van der Waals surface area (Å²) in [6, 6.07) is 0.815. The minimum atomic E-state index is 0.815. The lowest BCUT2D eigenvalue weighted by Gasteiger charge is -2.36. The molecule has 0 amide bonds. The maximum atomic E-state index is 3.62. The van der Waals surface area contributed by atoms with Gasteiger partial charge in [0.1, 0.15) is 0 Å². The van der Waals surface area contributed by atoms with Crippen LogP contribution in [0.3, 0.4) is 0 Å². The highest BCUT2D eigenvalue weighted by Crippen LogP contribution is 2.17. The first-order valence-electron chi connectivity index (χ1n) is 9.33. The van der Waals surface area contributed by atoms with E-state index in [0.717, 1.165) is 6.04 Å². The van der Waals surface area contributed by atoms with Crippen LogP contribution in [0.2, 0.25) is 0 Å². The lowest BCUT2D eigenvalue weighted by Crippen LogP contribution is -2.45. The molecule has 1 unspecified atom stereocenters. The standard InChI is InChI=1S/C18H38N2/c1-3-5-6-7-8-9-11-15-20-16-12-10-13-18(20)17-19-14-4-2/h18-19H,3-17H2,1-2H3. The van der Waals surface area contributed by atoms with E-state index in [9.17, 15) is 0 Å². The Kier molecular flexibility index (Phi) is 11.4. The topological polar surface area (TPSA) is 15.3 Å². The van der Waals surface area contributed by atoms with Gasteiger partial charge >= 0.3 is 0 Å². The summed E-state index contributed by atoms with van der Waals surface area (Å²) in [5.74, 6) is 0. The number of unbranched alkanes of at least 4 members (excludes halogenated alkanes) is 6. The van der Waals surface area contributed by atoms with Crippen molar-refractivity contribution in [1.29, 1.82) is 0 Å². The molecule has 1 fully saturated rings. The van der Waals surface area contributed by atoms with Crippen LogP contribution in [0, 0.1) is 0 Å². The van der Waals surface area contributed by atoms with E-state index in [1.54, 1.807) is 0 Å². The third kappa shape index (κ3) is 8.26. The molecular formula is C18H38N2. The van der Waals surface area contributed by atoms with Crippen LogP contribution >= 0.6 is 0 Å². The summed E-state index contributed by atoms with van der Waals surface area (Å²) in [5, 5.41) is 3.62. The van der Waals surface area contributed by atoms with Crippen LogP contribution < -0.4 is 5.32 Å². The molecule has 20 heavy (non-hydrogen) atoms. The number of rotatable bonds is 12. The van der Waals surface area contributed by atoms with E-state index in [2.05, 4.69) is 24.1 Å². The van der Waals surface area contributed by atoms with Crippen LogP contribution in [0.25, 0.3) is 0 Å². The second-order valence-electron chi connectivity index (χ2n) is 6.51. The zero-order valence-electron chi connectivity index (χ0n) is 14.1. The van der Waals surface area contributed by atoms with Gasteiger partial charge in [0.2, 0.25) is 0 Å². The molecule has 1 aliphatic heterocycles. The van der Waals surface area contributed by atoms with Crippen molar-refractivity contribution in [1.82, 2.24) is 10.2 Å². The predicted molar refractivity (Wildman–Crippen MR) is 90.4 cm³/mol. The number of hydrogen-bond donors (Lipinski definition) is 1. The molecule has 0 bridgehead atoms. The van der Waals surface area contributed by atoms with Crippen molar-refractivity contribution >= 4 is 0 Å². The van der Waals surface area contributed by atoms with Crippen LogP contribution in [0.15, 0.2) is 0 Å². The van der Waals surface area contributed by atoms with E-state index in [-0.39, 0.29) is 0 Å². The Morgan fingerprint density at radius 2 is 1.65 bits per heavy atom. The molecule has 1 atom stereocenters. The van der Waals surface area contributed by atoms with Crippen molar-refractivity contribution in [3.05, 3.63) is 0 Å². The van der Waals surface area contributed by atoms with Crippen LogP contribution in [0.1, 0.15) is 84.5 Å². The zero-order valence-corrected chi connectivity index (χ0v) is 14.1. The molecule has 1 rings (SSSR count). The van der Waals surface area contributed by atoms with Gasteiger partial charge in [0, 0.05) is 12.6 Å². The van der Waals surface area contributed by atoms with Gasteiger partial charge in [-0.15, -0.1) is 0 Å². The number of nitrogens with zero attached hydrogens (tertiary/aromatic N) is 1. The summed E-state index contributed by atoms with van der Waals surface area (Å²) in [4.78, 5) is 2.76. The fourth-order valence-electron chi connectivity index (χ4n) is 3.30. The Hall–Kier alpha value is -0.0800. The van der Waals surface area contributed by atoms with Crippen LogP contribution in [-0.2, 0) is 0 Å². The van der Waals surface area contributed by atoms with Crippen molar-refractivity contribution in [3.8, 4) is 0 Å². The first-order valence-corrected chi connectivity index (χ1v) is 9.33. The summed E-state index contributed by atoms with van der Waals surface area (Å²) < 4.78 is 0. The highest BCUT2D eigenvalue weighted by molar-refractivity contribution is 4.78. The van der Waals surface area contributed by atoms with E-state index < -0.39 is 0 Å².